The van der Waals surface area contributed by atoms with Gasteiger partial charge in [-0.05, 0) is 39.5 Å². The lowest BCUT2D eigenvalue weighted by Gasteiger charge is -2.32. The lowest BCUT2D eigenvalue weighted by atomic mass is 10.1. The van der Waals surface area contributed by atoms with Crippen molar-refractivity contribution >= 4 is 5.97 Å². The summed E-state index contributed by atoms with van der Waals surface area (Å²) in [6.45, 7) is 5.15. The smallest absolute Gasteiger partial charge is 0.322 e. The van der Waals surface area contributed by atoms with Crippen molar-refractivity contribution in [3.05, 3.63) is 0 Å². The molecule has 0 aromatic carbocycles. The highest BCUT2D eigenvalue weighted by atomic mass is 16.7. The van der Waals surface area contributed by atoms with Crippen LogP contribution >= 0.6 is 0 Å². The Hall–Kier alpha value is -0.690. The van der Waals surface area contributed by atoms with Crippen molar-refractivity contribution < 1.29 is 24.1 Å². The third kappa shape index (κ3) is 6.87. The monoisotopic (exact) mass is 275 g/mol. The maximum atomic E-state index is 10.5. The zero-order chi connectivity index (χ0) is 14.3. The largest absolute Gasteiger partial charge is 0.480 e. The SMILES string of the molecule is CC(C)(CCOCC(N)C(=O)O)OC1CCCCO1. The van der Waals surface area contributed by atoms with Crippen LogP contribution in [0.15, 0.2) is 0 Å². The van der Waals surface area contributed by atoms with Crippen molar-refractivity contribution in [1.29, 1.82) is 0 Å². The summed E-state index contributed by atoms with van der Waals surface area (Å²) >= 11 is 0. The van der Waals surface area contributed by atoms with Crippen LogP contribution in [0.1, 0.15) is 39.5 Å². The summed E-state index contributed by atoms with van der Waals surface area (Å²) in [6, 6.07) is -0.967. The van der Waals surface area contributed by atoms with E-state index in [9.17, 15) is 4.79 Å². The van der Waals surface area contributed by atoms with Crippen LogP contribution in [-0.2, 0) is 19.0 Å². The van der Waals surface area contributed by atoms with Gasteiger partial charge in [-0.25, -0.2) is 0 Å². The standard InChI is InChI=1S/C13H25NO5/c1-13(2,19-11-5-3-4-7-18-11)6-8-17-9-10(14)12(15)16/h10-11H,3-9,14H2,1-2H3,(H,15,16). The molecule has 0 spiro atoms. The lowest BCUT2D eigenvalue weighted by molar-refractivity contribution is -0.219. The van der Waals surface area contributed by atoms with Crippen molar-refractivity contribution in [2.75, 3.05) is 19.8 Å². The maximum Gasteiger partial charge on any atom is 0.322 e. The molecule has 112 valence electrons. The molecule has 1 aliphatic heterocycles. The van der Waals surface area contributed by atoms with E-state index in [-0.39, 0.29) is 18.5 Å². The number of aliphatic carboxylic acids is 1. The van der Waals surface area contributed by atoms with Gasteiger partial charge in [0.2, 0.25) is 0 Å². The van der Waals surface area contributed by atoms with E-state index in [1.165, 1.54) is 0 Å². The van der Waals surface area contributed by atoms with Crippen LogP contribution in [0.2, 0.25) is 0 Å². The number of carboxylic acid groups (broad SMARTS) is 1. The molecule has 1 fully saturated rings. The van der Waals surface area contributed by atoms with Gasteiger partial charge in [-0.1, -0.05) is 0 Å². The van der Waals surface area contributed by atoms with Gasteiger partial charge in [0.25, 0.3) is 0 Å². The Morgan fingerprint density at radius 1 is 1.53 bits per heavy atom. The lowest BCUT2D eigenvalue weighted by Crippen LogP contribution is -2.37. The van der Waals surface area contributed by atoms with Crippen LogP contribution in [0, 0.1) is 0 Å². The summed E-state index contributed by atoms with van der Waals surface area (Å²) in [5.74, 6) is -1.05. The van der Waals surface area contributed by atoms with Gasteiger partial charge in [0.15, 0.2) is 6.29 Å². The molecule has 2 atom stereocenters. The van der Waals surface area contributed by atoms with Crippen molar-refractivity contribution in [3.8, 4) is 0 Å². The second-order valence-electron chi connectivity index (χ2n) is 5.44. The molecule has 0 aromatic rings. The molecule has 1 saturated heterocycles. The first kappa shape index (κ1) is 16.4. The fourth-order valence-corrected chi connectivity index (χ4v) is 1.82. The predicted octanol–water partition coefficient (Wildman–Crippen LogP) is 1.13. The van der Waals surface area contributed by atoms with E-state index in [4.69, 9.17) is 25.1 Å². The fraction of sp³-hybridized carbons (Fsp3) is 0.923. The van der Waals surface area contributed by atoms with Crippen LogP contribution in [0.3, 0.4) is 0 Å². The highest BCUT2D eigenvalue weighted by Crippen LogP contribution is 2.23. The Balaban J connectivity index is 2.17. The van der Waals surface area contributed by atoms with Gasteiger partial charge < -0.3 is 25.1 Å². The van der Waals surface area contributed by atoms with E-state index in [0.29, 0.717) is 13.0 Å². The minimum atomic E-state index is -1.05. The van der Waals surface area contributed by atoms with Crippen molar-refractivity contribution in [1.82, 2.24) is 0 Å². The van der Waals surface area contributed by atoms with Crippen LogP contribution in [0.25, 0.3) is 0 Å². The average molecular weight is 275 g/mol. The molecule has 1 aliphatic rings. The molecule has 1 heterocycles. The summed E-state index contributed by atoms with van der Waals surface area (Å²) in [4.78, 5) is 10.5. The molecule has 0 radical (unpaired) electrons. The molecular formula is C13H25NO5. The van der Waals surface area contributed by atoms with Gasteiger partial charge in [0.05, 0.1) is 12.2 Å². The molecule has 6 heteroatoms. The Morgan fingerprint density at radius 3 is 2.84 bits per heavy atom. The molecule has 6 nitrogen and oxygen atoms in total. The molecule has 0 aromatic heterocycles. The van der Waals surface area contributed by atoms with Gasteiger partial charge in [-0.2, -0.15) is 0 Å². The maximum absolute atomic E-state index is 10.5. The van der Waals surface area contributed by atoms with Gasteiger partial charge >= 0.3 is 5.97 Å². The molecule has 0 bridgehead atoms. The molecule has 0 amide bonds. The second-order valence-corrected chi connectivity index (χ2v) is 5.44. The number of carbonyl (C=O) groups is 1. The van der Waals surface area contributed by atoms with E-state index < -0.39 is 12.0 Å². The van der Waals surface area contributed by atoms with Crippen molar-refractivity contribution in [2.45, 2.75) is 57.5 Å². The quantitative estimate of drug-likeness (QED) is 0.645. The van der Waals surface area contributed by atoms with Crippen molar-refractivity contribution in [3.63, 3.8) is 0 Å². The third-order valence-electron chi connectivity index (χ3n) is 3.05. The Kier molecular flexibility index (Phi) is 6.71. The Morgan fingerprint density at radius 2 is 2.26 bits per heavy atom. The van der Waals surface area contributed by atoms with Crippen LogP contribution in [0.4, 0.5) is 0 Å². The average Bonchev–Trinajstić information content (AvgIpc) is 2.35. The molecule has 19 heavy (non-hydrogen) atoms. The van der Waals surface area contributed by atoms with Crippen LogP contribution < -0.4 is 5.73 Å². The molecule has 1 rings (SSSR count). The first-order chi connectivity index (χ1) is 8.91. The summed E-state index contributed by atoms with van der Waals surface area (Å²) in [6.07, 6.45) is 3.68. The van der Waals surface area contributed by atoms with Gasteiger partial charge in [0.1, 0.15) is 6.04 Å². The summed E-state index contributed by atoms with van der Waals surface area (Å²) < 4.78 is 16.7. The third-order valence-corrected chi connectivity index (χ3v) is 3.05. The van der Waals surface area contributed by atoms with E-state index in [2.05, 4.69) is 0 Å². The van der Waals surface area contributed by atoms with Crippen LogP contribution in [0.5, 0.6) is 0 Å². The summed E-state index contributed by atoms with van der Waals surface area (Å²) in [5, 5.41) is 8.61. The Labute approximate surface area is 114 Å². The zero-order valence-corrected chi connectivity index (χ0v) is 11.8. The highest BCUT2D eigenvalue weighted by molar-refractivity contribution is 5.73. The van der Waals surface area contributed by atoms with Gasteiger partial charge in [0, 0.05) is 13.2 Å². The molecule has 3 N–H and O–H groups in total. The number of carboxylic acids is 1. The number of hydrogen-bond acceptors (Lipinski definition) is 5. The second kappa shape index (κ2) is 7.79. The predicted molar refractivity (Wildman–Crippen MR) is 69.8 cm³/mol. The van der Waals surface area contributed by atoms with E-state index in [0.717, 1.165) is 25.9 Å². The van der Waals surface area contributed by atoms with E-state index >= 15 is 0 Å². The molecule has 0 saturated carbocycles. The molecule has 0 aliphatic carbocycles. The molecule has 2 unspecified atom stereocenters. The number of hydrogen-bond donors (Lipinski definition) is 2. The van der Waals surface area contributed by atoms with Gasteiger partial charge in [-0.3, -0.25) is 4.79 Å². The first-order valence-electron chi connectivity index (χ1n) is 6.76. The number of ether oxygens (including phenoxy) is 3. The summed E-state index contributed by atoms with van der Waals surface area (Å²) in [7, 11) is 0. The highest BCUT2D eigenvalue weighted by Gasteiger charge is 2.25. The zero-order valence-electron chi connectivity index (χ0n) is 11.8. The van der Waals surface area contributed by atoms with E-state index in [1.54, 1.807) is 0 Å². The molecular weight excluding hydrogens is 250 g/mol. The Bertz CT molecular complexity index is 276. The van der Waals surface area contributed by atoms with Gasteiger partial charge in [-0.15, -0.1) is 0 Å². The minimum Gasteiger partial charge on any atom is -0.480 e. The first-order valence-corrected chi connectivity index (χ1v) is 6.76. The summed E-state index contributed by atoms with van der Waals surface area (Å²) in [5.41, 5.74) is 4.99. The normalized spacial score (nSPS) is 22.2. The van der Waals surface area contributed by atoms with E-state index in [1.807, 2.05) is 13.8 Å². The number of nitrogens with two attached hydrogens (primary N) is 1. The van der Waals surface area contributed by atoms with Crippen LogP contribution in [-0.4, -0.2) is 48.8 Å². The fourth-order valence-electron chi connectivity index (χ4n) is 1.82. The number of rotatable bonds is 8. The topological polar surface area (TPSA) is 91.0 Å². The minimum absolute atomic E-state index is 0.0192. The van der Waals surface area contributed by atoms with Crippen molar-refractivity contribution in [2.24, 2.45) is 5.73 Å².